The Labute approximate surface area is 119 Å². The standard InChI is InChI=1S/C12H7ClFN3O2S/c13-12-11(2-1-5-16-12)20(18,19)17-10-4-3-9(14)6-8(10)7-15/h1-6,17H. The van der Waals surface area contributed by atoms with Crippen LogP contribution in [0.15, 0.2) is 41.4 Å². The van der Waals surface area contributed by atoms with Gasteiger partial charge in [0.05, 0.1) is 11.3 Å². The van der Waals surface area contributed by atoms with E-state index >= 15 is 0 Å². The second-order valence-electron chi connectivity index (χ2n) is 3.70. The molecule has 0 bridgehead atoms. The Kier molecular flexibility index (Phi) is 3.88. The Hall–Kier alpha value is -2.17. The molecule has 1 N–H and O–H groups in total. The van der Waals surface area contributed by atoms with Crippen molar-refractivity contribution in [2.24, 2.45) is 0 Å². The van der Waals surface area contributed by atoms with Crippen LogP contribution in [0.1, 0.15) is 5.56 Å². The van der Waals surface area contributed by atoms with Crippen LogP contribution in [-0.4, -0.2) is 13.4 Å². The minimum Gasteiger partial charge on any atom is -0.278 e. The maximum absolute atomic E-state index is 13.0. The van der Waals surface area contributed by atoms with Crippen LogP contribution >= 0.6 is 11.6 Å². The van der Waals surface area contributed by atoms with Gasteiger partial charge in [-0.05, 0) is 30.3 Å². The highest BCUT2D eigenvalue weighted by Crippen LogP contribution is 2.23. The molecule has 102 valence electrons. The molecule has 0 saturated heterocycles. The van der Waals surface area contributed by atoms with E-state index in [-0.39, 0.29) is 21.3 Å². The molecule has 20 heavy (non-hydrogen) atoms. The SMILES string of the molecule is N#Cc1cc(F)ccc1NS(=O)(=O)c1cccnc1Cl. The molecule has 2 rings (SSSR count). The zero-order chi connectivity index (χ0) is 14.8. The van der Waals surface area contributed by atoms with Gasteiger partial charge in [0.15, 0.2) is 0 Å². The van der Waals surface area contributed by atoms with Gasteiger partial charge in [-0.25, -0.2) is 17.8 Å². The fourth-order valence-corrected chi connectivity index (χ4v) is 3.00. The van der Waals surface area contributed by atoms with Crippen molar-refractivity contribution in [2.75, 3.05) is 4.72 Å². The molecule has 0 spiro atoms. The molecule has 1 aromatic heterocycles. The quantitative estimate of drug-likeness (QED) is 0.883. The maximum Gasteiger partial charge on any atom is 0.265 e. The molecular formula is C12H7ClFN3O2S. The summed E-state index contributed by atoms with van der Waals surface area (Å²) in [6, 6.07) is 7.53. The van der Waals surface area contributed by atoms with Crippen LogP contribution in [0.3, 0.4) is 0 Å². The van der Waals surface area contributed by atoms with Gasteiger partial charge in [0, 0.05) is 6.20 Å². The first kappa shape index (κ1) is 14.2. The van der Waals surface area contributed by atoms with Gasteiger partial charge < -0.3 is 0 Å². The summed E-state index contributed by atoms with van der Waals surface area (Å²) in [7, 11) is -4.01. The van der Waals surface area contributed by atoms with E-state index in [2.05, 4.69) is 9.71 Å². The number of benzene rings is 1. The number of hydrogen-bond donors (Lipinski definition) is 1. The van der Waals surface area contributed by atoms with Crippen molar-refractivity contribution >= 4 is 27.3 Å². The second kappa shape index (κ2) is 5.45. The Bertz CT molecular complexity index is 803. The van der Waals surface area contributed by atoms with Crippen LogP contribution in [0.2, 0.25) is 5.15 Å². The molecule has 0 aliphatic rings. The van der Waals surface area contributed by atoms with E-state index in [4.69, 9.17) is 16.9 Å². The van der Waals surface area contributed by atoms with Gasteiger partial charge in [0.2, 0.25) is 0 Å². The van der Waals surface area contributed by atoms with Crippen molar-refractivity contribution in [2.45, 2.75) is 4.90 Å². The zero-order valence-electron chi connectivity index (χ0n) is 9.84. The molecule has 0 saturated carbocycles. The number of hydrogen-bond acceptors (Lipinski definition) is 4. The first-order chi connectivity index (χ1) is 9.44. The predicted molar refractivity (Wildman–Crippen MR) is 71.2 cm³/mol. The molecule has 0 aliphatic heterocycles. The number of rotatable bonds is 3. The van der Waals surface area contributed by atoms with Crippen molar-refractivity contribution in [1.82, 2.24) is 4.98 Å². The number of anilines is 1. The third kappa shape index (κ3) is 2.87. The minimum absolute atomic E-state index is 0.0335. The van der Waals surface area contributed by atoms with Crippen LogP contribution < -0.4 is 4.72 Å². The smallest absolute Gasteiger partial charge is 0.265 e. The largest absolute Gasteiger partial charge is 0.278 e. The molecule has 1 aromatic carbocycles. The van der Waals surface area contributed by atoms with Gasteiger partial charge >= 0.3 is 0 Å². The van der Waals surface area contributed by atoms with Crippen LogP contribution in [0.25, 0.3) is 0 Å². The van der Waals surface area contributed by atoms with E-state index < -0.39 is 15.8 Å². The lowest BCUT2D eigenvalue weighted by Gasteiger charge is -2.10. The van der Waals surface area contributed by atoms with Crippen molar-refractivity contribution < 1.29 is 12.8 Å². The summed E-state index contributed by atoms with van der Waals surface area (Å²) >= 11 is 5.72. The van der Waals surface area contributed by atoms with Crippen LogP contribution in [0.5, 0.6) is 0 Å². The van der Waals surface area contributed by atoms with Crippen molar-refractivity contribution in [3.8, 4) is 6.07 Å². The fraction of sp³-hybridized carbons (Fsp3) is 0. The molecule has 0 amide bonds. The fourth-order valence-electron chi connectivity index (χ4n) is 1.47. The monoisotopic (exact) mass is 311 g/mol. The lowest BCUT2D eigenvalue weighted by molar-refractivity contribution is 0.600. The molecule has 8 heteroatoms. The van der Waals surface area contributed by atoms with Gasteiger partial charge in [-0.15, -0.1) is 0 Å². The Morgan fingerprint density at radius 1 is 1.35 bits per heavy atom. The van der Waals surface area contributed by atoms with Gasteiger partial charge in [-0.3, -0.25) is 4.72 Å². The van der Waals surface area contributed by atoms with Crippen LogP contribution in [0, 0.1) is 17.1 Å². The summed E-state index contributed by atoms with van der Waals surface area (Å²) < 4.78 is 39.4. The molecule has 0 atom stereocenters. The van der Waals surface area contributed by atoms with Crippen molar-refractivity contribution in [1.29, 1.82) is 5.26 Å². The molecular weight excluding hydrogens is 305 g/mol. The molecule has 0 aliphatic carbocycles. The molecule has 1 heterocycles. The Morgan fingerprint density at radius 3 is 2.75 bits per heavy atom. The number of nitrogens with zero attached hydrogens (tertiary/aromatic N) is 2. The molecule has 5 nitrogen and oxygen atoms in total. The molecule has 0 unspecified atom stereocenters. The predicted octanol–water partition coefficient (Wildman–Crippen LogP) is 2.55. The van der Waals surface area contributed by atoms with Gasteiger partial charge in [0.25, 0.3) is 10.0 Å². The molecule has 0 fully saturated rings. The average molecular weight is 312 g/mol. The number of pyridine rings is 1. The summed E-state index contributed by atoms with van der Waals surface area (Å²) in [5.41, 5.74) is -0.164. The average Bonchev–Trinajstić information content (AvgIpc) is 2.41. The summed E-state index contributed by atoms with van der Waals surface area (Å²) in [4.78, 5) is 3.44. The first-order valence-electron chi connectivity index (χ1n) is 5.27. The topological polar surface area (TPSA) is 82.9 Å². The van der Waals surface area contributed by atoms with E-state index in [9.17, 15) is 12.8 Å². The van der Waals surface area contributed by atoms with E-state index in [0.29, 0.717) is 0 Å². The van der Waals surface area contributed by atoms with E-state index in [1.54, 1.807) is 6.07 Å². The van der Waals surface area contributed by atoms with E-state index in [0.717, 1.165) is 18.2 Å². The van der Waals surface area contributed by atoms with Crippen LogP contribution in [0.4, 0.5) is 10.1 Å². The maximum atomic E-state index is 13.0. The zero-order valence-corrected chi connectivity index (χ0v) is 11.4. The third-order valence-electron chi connectivity index (χ3n) is 2.36. The second-order valence-corrected chi connectivity index (χ2v) is 5.71. The van der Waals surface area contributed by atoms with E-state index in [1.165, 1.54) is 18.3 Å². The van der Waals surface area contributed by atoms with Gasteiger partial charge in [-0.1, -0.05) is 11.6 Å². The number of nitriles is 1. The highest BCUT2D eigenvalue weighted by atomic mass is 35.5. The summed E-state index contributed by atoms with van der Waals surface area (Å²) in [6.45, 7) is 0. The first-order valence-corrected chi connectivity index (χ1v) is 7.13. The van der Waals surface area contributed by atoms with Gasteiger partial charge in [0.1, 0.15) is 21.9 Å². The normalized spacial score (nSPS) is 10.8. The third-order valence-corrected chi connectivity index (χ3v) is 4.17. The summed E-state index contributed by atoms with van der Waals surface area (Å²) in [6.07, 6.45) is 1.35. The lowest BCUT2D eigenvalue weighted by Crippen LogP contribution is -2.14. The number of halogens is 2. The highest BCUT2D eigenvalue weighted by molar-refractivity contribution is 7.92. The number of aromatic nitrogens is 1. The van der Waals surface area contributed by atoms with Gasteiger partial charge in [-0.2, -0.15) is 5.26 Å². The highest BCUT2D eigenvalue weighted by Gasteiger charge is 2.20. The van der Waals surface area contributed by atoms with Crippen LogP contribution in [-0.2, 0) is 10.0 Å². The summed E-state index contributed by atoms with van der Waals surface area (Å²) in [5.74, 6) is -0.635. The number of nitrogens with one attached hydrogen (secondary N) is 1. The van der Waals surface area contributed by atoms with E-state index in [1.807, 2.05) is 0 Å². The Balaban J connectivity index is 2.45. The van der Waals surface area contributed by atoms with Crippen molar-refractivity contribution in [3.05, 3.63) is 53.1 Å². The Morgan fingerprint density at radius 2 is 2.10 bits per heavy atom. The molecule has 2 aromatic rings. The molecule has 0 radical (unpaired) electrons. The lowest BCUT2D eigenvalue weighted by atomic mass is 10.2. The summed E-state index contributed by atoms with van der Waals surface area (Å²) in [5, 5.41) is 8.68. The minimum atomic E-state index is -4.01. The number of sulfonamides is 1. The van der Waals surface area contributed by atoms with Crippen molar-refractivity contribution in [3.63, 3.8) is 0 Å².